The van der Waals surface area contributed by atoms with Gasteiger partial charge in [0.15, 0.2) is 0 Å². The van der Waals surface area contributed by atoms with Crippen molar-refractivity contribution in [1.82, 2.24) is 5.01 Å². The standard InChI is InChI=1S/C10H8N6O4/c17-15(18)11-13-5-1-9(2-6-13)10-3-7-14(8-4-10)12-16(19)20/h1-8H. The summed E-state index contributed by atoms with van der Waals surface area (Å²) in [5.41, 5.74) is 3.87. The van der Waals surface area contributed by atoms with Crippen LogP contribution in [0.5, 0.6) is 0 Å². The maximum atomic E-state index is 10.2. The molecule has 0 unspecified atom stereocenters. The van der Waals surface area contributed by atoms with Gasteiger partial charge in [-0.1, -0.05) is 0 Å². The molecule has 10 heteroatoms. The number of nitro groups is 2. The SMILES string of the molecule is O=[N+]([O-])N=[n+]1ccc(=C2C=CN([N-][N+](=O)[O-])C=C2)cc1. The molecule has 0 atom stereocenters. The first-order chi connectivity index (χ1) is 9.54. The van der Waals surface area contributed by atoms with E-state index in [1.807, 2.05) is 0 Å². The monoisotopic (exact) mass is 276 g/mol. The van der Waals surface area contributed by atoms with Gasteiger partial charge in [0, 0.05) is 21.5 Å². The highest BCUT2D eigenvalue weighted by Crippen LogP contribution is 2.11. The van der Waals surface area contributed by atoms with E-state index in [-0.39, 0.29) is 0 Å². The average Bonchev–Trinajstić information content (AvgIpc) is 2.39. The molecule has 0 spiro atoms. The third-order valence-electron chi connectivity index (χ3n) is 2.31. The second-order valence-corrected chi connectivity index (χ2v) is 3.59. The van der Waals surface area contributed by atoms with Crippen LogP contribution in [0.4, 0.5) is 0 Å². The Kier molecular flexibility index (Phi) is 3.65. The summed E-state index contributed by atoms with van der Waals surface area (Å²) in [6, 6.07) is 3.27. The van der Waals surface area contributed by atoms with E-state index in [9.17, 15) is 20.2 Å². The maximum absolute atomic E-state index is 10.2. The van der Waals surface area contributed by atoms with Crippen molar-refractivity contribution in [2.75, 3.05) is 0 Å². The Morgan fingerprint density at radius 2 is 1.75 bits per heavy atom. The summed E-state index contributed by atoms with van der Waals surface area (Å²) in [7, 11) is 0. The van der Waals surface area contributed by atoms with Crippen LogP contribution in [0.3, 0.4) is 0 Å². The van der Waals surface area contributed by atoms with Crippen molar-refractivity contribution >= 4 is 5.57 Å². The van der Waals surface area contributed by atoms with Gasteiger partial charge in [-0.15, -0.1) is 0 Å². The van der Waals surface area contributed by atoms with E-state index >= 15 is 0 Å². The number of hydrogen-bond donors (Lipinski definition) is 0. The summed E-state index contributed by atoms with van der Waals surface area (Å²) in [6.45, 7) is 0. The number of allylic oxidation sites excluding steroid dienone is 2. The second-order valence-electron chi connectivity index (χ2n) is 3.59. The minimum Gasteiger partial charge on any atom is -0.375 e. The molecule has 1 aliphatic heterocycles. The van der Waals surface area contributed by atoms with Gasteiger partial charge in [-0.25, -0.2) is 10.1 Å². The molecule has 0 N–H and O–H groups in total. The predicted octanol–water partition coefficient (Wildman–Crippen LogP) is 0.172. The van der Waals surface area contributed by atoms with Crippen LogP contribution in [0.1, 0.15) is 0 Å². The van der Waals surface area contributed by atoms with Gasteiger partial charge in [-0.2, -0.15) is 0 Å². The van der Waals surface area contributed by atoms with Gasteiger partial charge < -0.3 is 5.01 Å². The number of pyridine rings is 1. The minimum atomic E-state index is -0.801. The van der Waals surface area contributed by atoms with Crippen molar-refractivity contribution in [2.45, 2.75) is 0 Å². The molecule has 0 saturated heterocycles. The number of aromatic nitrogens is 1. The van der Waals surface area contributed by atoms with E-state index in [1.54, 1.807) is 24.3 Å². The molecule has 0 fully saturated rings. The van der Waals surface area contributed by atoms with Crippen LogP contribution in [0.25, 0.3) is 11.1 Å². The third-order valence-corrected chi connectivity index (χ3v) is 2.31. The van der Waals surface area contributed by atoms with Crippen LogP contribution in [-0.4, -0.2) is 15.1 Å². The molecule has 0 radical (unpaired) electrons. The lowest BCUT2D eigenvalue weighted by molar-refractivity contribution is -0.696. The molecule has 2 rings (SSSR count). The van der Waals surface area contributed by atoms with Crippen LogP contribution >= 0.6 is 0 Å². The summed E-state index contributed by atoms with van der Waals surface area (Å²) in [6.07, 6.45) is 9.00. The maximum Gasteiger partial charge on any atom is 0.341 e. The lowest BCUT2D eigenvalue weighted by atomic mass is 10.1. The first-order valence-corrected chi connectivity index (χ1v) is 5.30. The highest BCUT2D eigenvalue weighted by atomic mass is 16.7. The van der Waals surface area contributed by atoms with Crippen LogP contribution in [0.2, 0.25) is 0 Å². The molecule has 0 bridgehead atoms. The van der Waals surface area contributed by atoms with Gasteiger partial charge >= 0.3 is 5.22 Å². The Hall–Kier alpha value is -3.30. The Balaban J connectivity index is 2.26. The van der Waals surface area contributed by atoms with Crippen LogP contribution in [0, 0.1) is 20.2 Å². The summed E-state index contributed by atoms with van der Waals surface area (Å²) in [5.74, 6) is 0. The Morgan fingerprint density at radius 3 is 2.25 bits per heavy atom. The van der Waals surface area contributed by atoms with Crippen molar-refractivity contribution < 1.29 is 14.4 Å². The zero-order chi connectivity index (χ0) is 14.5. The zero-order valence-electron chi connectivity index (χ0n) is 9.94. The van der Waals surface area contributed by atoms with Gasteiger partial charge in [0.2, 0.25) is 12.4 Å². The van der Waals surface area contributed by atoms with Crippen LogP contribution in [-0.2, 0) is 0 Å². The molecule has 102 valence electrons. The van der Waals surface area contributed by atoms with Gasteiger partial charge in [0.25, 0.3) is 5.03 Å². The normalized spacial score (nSPS) is 13.2. The third kappa shape index (κ3) is 3.35. The molecule has 0 aromatic carbocycles. The molecule has 1 aromatic rings. The van der Waals surface area contributed by atoms with Gasteiger partial charge in [0.05, 0.1) is 0 Å². The number of rotatable bonds is 3. The Morgan fingerprint density at radius 1 is 1.15 bits per heavy atom. The van der Waals surface area contributed by atoms with Crippen molar-refractivity contribution in [1.29, 1.82) is 0 Å². The Bertz CT molecular complexity index is 686. The summed E-state index contributed by atoms with van der Waals surface area (Å²) in [5, 5.41) is 23.7. The van der Waals surface area contributed by atoms with E-state index in [2.05, 4.69) is 10.8 Å². The van der Waals surface area contributed by atoms with E-state index in [0.29, 0.717) is 0 Å². The molecule has 1 aromatic heterocycles. The first-order valence-electron chi connectivity index (χ1n) is 5.30. The highest BCUT2D eigenvalue weighted by Gasteiger charge is 2.01. The molecule has 10 nitrogen and oxygen atoms in total. The Labute approximate surface area is 111 Å². The van der Waals surface area contributed by atoms with E-state index in [4.69, 9.17) is 0 Å². The van der Waals surface area contributed by atoms with E-state index in [0.717, 1.165) is 20.2 Å². The van der Waals surface area contributed by atoms with Crippen molar-refractivity contribution in [2.24, 2.45) is 5.22 Å². The molecular weight excluding hydrogens is 268 g/mol. The van der Waals surface area contributed by atoms with Crippen LogP contribution < -0.4 is 9.58 Å². The highest BCUT2D eigenvalue weighted by molar-refractivity contribution is 5.67. The smallest absolute Gasteiger partial charge is 0.341 e. The zero-order valence-corrected chi connectivity index (χ0v) is 9.94. The molecule has 0 aliphatic carbocycles. The minimum absolute atomic E-state index is 0.785. The molecule has 1 aliphatic rings. The first kappa shape index (κ1) is 13.1. The average molecular weight is 276 g/mol. The number of nitrogens with zero attached hydrogens (tertiary/aromatic N) is 6. The van der Waals surface area contributed by atoms with Gasteiger partial charge in [-0.3, -0.25) is 15.6 Å². The van der Waals surface area contributed by atoms with Gasteiger partial charge in [-0.05, 0) is 35.3 Å². The predicted molar refractivity (Wildman–Crippen MR) is 65.0 cm³/mol. The fourth-order valence-electron chi connectivity index (χ4n) is 1.51. The summed E-state index contributed by atoms with van der Waals surface area (Å²) >= 11 is 0. The van der Waals surface area contributed by atoms with E-state index < -0.39 is 10.1 Å². The number of hydrogen-bond acceptors (Lipinski definition) is 5. The molecule has 20 heavy (non-hydrogen) atoms. The van der Waals surface area contributed by atoms with E-state index in [1.165, 1.54) is 24.8 Å². The lowest BCUT2D eigenvalue weighted by Gasteiger charge is -2.25. The van der Waals surface area contributed by atoms with Crippen molar-refractivity contribution in [3.63, 3.8) is 0 Å². The van der Waals surface area contributed by atoms with Crippen LogP contribution in [0.15, 0.2) is 54.3 Å². The summed E-state index contributed by atoms with van der Waals surface area (Å²) < 4.78 is 1.06. The molecule has 2 heterocycles. The van der Waals surface area contributed by atoms with Gasteiger partial charge in [0.1, 0.15) is 0 Å². The summed E-state index contributed by atoms with van der Waals surface area (Å²) in [4.78, 5) is 20.4. The van der Waals surface area contributed by atoms with Crippen molar-refractivity contribution in [3.8, 4) is 0 Å². The molecule has 0 saturated carbocycles. The quantitative estimate of drug-likeness (QED) is 0.442. The largest absolute Gasteiger partial charge is 0.375 e. The molecular formula is C10H8N6O4. The molecule has 0 amide bonds. The van der Waals surface area contributed by atoms with Crippen molar-refractivity contribution in [3.05, 3.63) is 80.1 Å². The fraction of sp³-hybridized carbons (Fsp3) is 0. The fourth-order valence-corrected chi connectivity index (χ4v) is 1.51. The lowest BCUT2D eigenvalue weighted by Crippen LogP contribution is -2.21. The topological polar surface area (TPSA) is 122 Å². The second kappa shape index (κ2) is 5.56.